The van der Waals surface area contributed by atoms with Crippen molar-refractivity contribution in [2.45, 2.75) is 18.4 Å². The van der Waals surface area contributed by atoms with Gasteiger partial charge in [0.05, 0.1) is 24.7 Å². The summed E-state index contributed by atoms with van der Waals surface area (Å²) in [6.07, 6.45) is 0. The van der Waals surface area contributed by atoms with E-state index < -0.39 is 10.0 Å². The molecule has 148 valence electrons. The Morgan fingerprint density at radius 2 is 1.89 bits per heavy atom. The van der Waals surface area contributed by atoms with E-state index in [1.54, 1.807) is 31.2 Å². The molecule has 0 spiro atoms. The monoisotopic (exact) mass is 404 g/mol. The van der Waals surface area contributed by atoms with Crippen LogP contribution in [0.25, 0.3) is 11.5 Å². The summed E-state index contributed by atoms with van der Waals surface area (Å²) < 4.78 is 44.3. The van der Waals surface area contributed by atoms with Crippen molar-refractivity contribution >= 4 is 15.7 Å². The van der Waals surface area contributed by atoms with Crippen molar-refractivity contribution < 1.29 is 22.3 Å². The van der Waals surface area contributed by atoms with E-state index in [1.807, 2.05) is 0 Å². The number of hydrogen-bond acceptors (Lipinski definition) is 8. The van der Waals surface area contributed by atoms with E-state index in [0.717, 1.165) is 0 Å². The molecule has 0 radical (unpaired) electrons. The fourth-order valence-electron chi connectivity index (χ4n) is 2.59. The molecular formula is C18H20N4O5S. The number of hydrogen-bond donors (Lipinski definition) is 2. The average Bonchev–Trinajstić information content (AvgIpc) is 3.12. The lowest BCUT2D eigenvalue weighted by Crippen LogP contribution is -2.24. The minimum Gasteiger partial charge on any atom is -0.497 e. The Morgan fingerprint density at radius 3 is 2.54 bits per heavy atom. The summed E-state index contributed by atoms with van der Waals surface area (Å²) in [6.45, 7) is 1.63. The van der Waals surface area contributed by atoms with Gasteiger partial charge in [0.2, 0.25) is 21.8 Å². The van der Waals surface area contributed by atoms with Crippen molar-refractivity contribution in [3.05, 3.63) is 47.9 Å². The number of rotatable bonds is 7. The molecule has 1 aromatic heterocycles. The average molecular weight is 404 g/mol. The molecule has 0 bridgehead atoms. The number of nitrogens with two attached hydrogens (primary N) is 1. The van der Waals surface area contributed by atoms with Crippen LogP contribution >= 0.6 is 0 Å². The van der Waals surface area contributed by atoms with Crippen molar-refractivity contribution in [3.8, 4) is 23.0 Å². The van der Waals surface area contributed by atoms with Gasteiger partial charge in [-0.1, -0.05) is 6.07 Å². The van der Waals surface area contributed by atoms with Crippen LogP contribution in [0.3, 0.4) is 0 Å². The minimum absolute atomic E-state index is 0.00655. The van der Waals surface area contributed by atoms with E-state index in [0.29, 0.717) is 28.6 Å². The molecule has 28 heavy (non-hydrogen) atoms. The lowest BCUT2D eigenvalue weighted by atomic mass is 10.2. The summed E-state index contributed by atoms with van der Waals surface area (Å²) in [5, 5.41) is 7.65. The van der Waals surface area contributed by atoms with Crippen LogP contribution < -0.4 is 19.9 Å². The van der Waals surface area contributed by atoms with Crippen LogP contribution in [0.2, 0.25) is 0 Å². The van der Waals surface area contributed by atoms with E-state index >= 15 is 0 Å². The lowest BCUT2D eigenvalue weighted by Gasteiger charge is -2.13. The van der Waals surface area contributed by atoms with Gasteiger partial charge in [0.1, 0.15) is 11.5 Å². The van der Waals surface area contributed by atoms with Gasteiger partial charge >= 0.3 is 0 Å². The number of nitrogen functional groups attached to an aromatic ring is 1. The zero-order valence-corrected chi connectivity index (χ0v) is 16.4. The minimum atomic E-state index is -3.94. The zero-order valence-electron chi connectivity index (χ0n) is 15.6. The maximum Gasteiger partial charge on any atom is 0.249 e. The summed E-state index contributed by atoms with van der Waals surface area (Å²) in [4.78, 5) is -0.0522. The maximum absolute atomic E-state index is 13.0. The molecule has 0 aliphatic rings. The number of sulfonamides is 1. The predicted molar refractivity (Wildman–Crippen MR) is 102 cm³/mol. The lowest BCUT2D eigenvalue weighted by molar-refractivity contribution is 0.390. The second kappa shape index (κ2) is 7.87. The molecule has 9 nitrogen and oxygen atoms in total. The molecule has 0 saturated heterocycles. The number of ether oxygens (including phenoxy) is 2. The Bertz CT molecular complexity index is 1100. The van der Waals surface area contributed by atoms with Crippen LogP contribution in [0.15, 0.2) is 45.7 Å². The van der Waals surface area contributed by atoms with Crippen LogP contribution in [-0.2, 0) is 16.6 Å². The van der Waals surface area contributed by atoms with Gasteiger partial charge in [-0.25, -0.2) is 13.1 Å². The SMILES string of the molecule is COc1ccc(CNS(=O)(=O)c2cc(N)ccc2-c2nnc(C)o2)c(OC)c1. The number of anilines is 1. The molecular weight excluding hydrogens is 384 g/mol. The van der Waals surface area contributed by atoms with E-state index in [-0.39, 0.29) is 22.9 Å². The van der Waals surface area contributed by atoms with Gasteiger partial charge in [0.15, 0.2) is 0 Å². The van der Waals surface area contributed by atoms with E-state index in [4.69, 9.17) is 19.6 Å². The number of nitrogens with zero attached hydrogens (tertiary/aromatic N) is 2. The second-order valence-electron chi connectivity index (χ2n) is 5.88. The van der Waals surface area contributed by atoms with E-state index in [9.17, 15) is 8.42 Å². The quantitative estimate of drug-likeness (QED) is 0.573. The number of methoxy groups -OCH3 is 2. The molecule has 10 heteroatoms. The molecule has 0 aliphatic carbocycles. The highest BCUT2D eigenvalue weighted by molar-refractivity contribution is 7.89. The van der Waals surface area contributed by atoms with Gasteiger partial charge in [-0.05, 0) is 24.3 Å². The first-order valence-corrected chi connectivity index (χ1v) is 9.73. The van der Waals surface area contributed by atoms with Gasteiger partial charge in [0.25, 0.3) is 0 Å². The topological polar surface area (TPSA) is 130 Å². The van der Waals surface area contributed by atoms with Crippen molar-refractivity contribution in [3.63, 3.8) is 0 Å². The Kier molecular flexibility index (Phi) is 5.52. The number of aryl methyl sites for hydroxylation is 1. The highest BCUT2D eigenvalue weighted by Gasteiger charge is 2.23. The Balaban J connectivity index is 1.93. The molecule has 3 N–H and O–H groups in total. The number of aromatic nitrogens is 2. The largest absolute Gasteiger partial charge is 0.497 e. The van der Waals surface area contributed by atoms with Gasteiger partial charge in [-0.15, -0.1) is 10.2 Å². The van der Waals surface area contributed by atoms with Crippen molar-refractivity contribution in [1.82, 2.24) is 14.9 Å². The second-order valence-corrected chi connectivity index (χ2v) is 7.62. The first-order chi connectivity index (χ1) is 13.3. The van der Waals surface area contributed by atoms with Crippen LogP contribution in [0, 0.1) is 6.92 Å². The summed E-state index contributed by atoms with van der Waals surface area (Å²) in [6, 6.07) is 9.57. The molecule has 1 heterocycles. The normalized spacial score (nSPS) is 11.4. The van der Waals surface area contributed by atoms with Gasteiger partial charge in [0, 0.05) is 30.8 Å². The summed E-state index contributed by atoms with van der Waals surface area (Å²) in [5.74, 6) is 1.53. The van der Waals surface area contributed by atoms with Crippen LogP contribution in [0.5, 0.6) is 11.5 Å². The highest BCUT2D eigenvalue weighted by atomic mass is 32.2. The number of nitrogens with one attached hydrogen (secondary N) is 1. The molecule has 3 rings (SSSR count). The third kappa shape index (κ3) is 4.07. The fourth-order valence-corrected chi connectivity index (χ4v) is 3.83. The van der Waals surface area contributed by atoms with Crippen molar-refractivity contribution in [2.24, 2.45) is 0 Å². The standard InChI is InChI=1S/C18H20N4O5S/c1-11-21-22-18(27-11)15-7-5-13(19)8-17(15)28(23,24)20-10-12-4-6-14(25-2)9-16(12)26-3/h4-9,20H,10,19H2,1-3H3. The summed E-state index contributed by atoms with van der Waals surface area (Å²) in [5.41, 5.74) is 7.01. The van der Waals surface area contributed by atoms with Crippen LogP contribution in [0.1, 0.15) is 11.5 Å². The van der Waals surface area contributed by atoms with Crippen molar-refractivity contribution in [1.29, 1.82) is 0 Å². The zero-order chi connectivity index (χ0) is 20.3. The molecule has 3 aromatic rings. The predicted octanol–water partition coefficient (Wildman–Crippen LogP) is 2.12. The Morgan fingerprint density at radius 1 is 1.11 bits per heavy atom. The first kappa shape index (κ1) is 19.6. The molecule has 0 aliphatic heterocycles. The smallest absolute Gasteiger partial charge is 0.249 e. The third-order valence-corrected chi connectivity index (χ3v) is 5.44. The third-order valence-electron chi connectivity index (χ3n) is 4.00. The van der Waals surface area contributed by atoms with Gasteiger partial charge in [-0.3, -0.25) is 0 Å². The maximum atomic E-state index is 13.0. The Labute approximate surface area is 162 Å². The summed E-state index contributed by atoms with van der Waals surface area (Å²) >= 11 is 0. The van der Waals surface area contributed by atoms with Crippen molar-refractivity contribution in [2.75, 3.05) is 20.0 Å². The Hall–Kier alpha value is -3.11. The molecule has 0 unspecified atom stereocenters. The molecule has 0 saturated carbocycles. The molecule has 0 amide bonds. The van der Waals surface area contributed by atoms with Crippen LogP contribution in [0.4, 0.5) is 5.69 Å². The molecule has 0 atom stereocenters. The van der Waals surface area contributed by atoms with Crippen LogP contribution in [-0.4, -0.2) is 32.8 Å². The van der Waals surface area contributed by atoms with Gasteiger partial charge < -0.3 is 19.6 Å². The van der Waals surface area contributed by atoms with E-state index in [2.05, 4.69) is 14.9 Å². The van der Waals surface area contributed by atoms with Gasteiger partial charge in [-0.2, -0.15) is 0 Å². The fraction of sp³-hybridized carbons (Fsp3) is 0.222. The first-order valence-electron chi connectivity index (χ1n) is 8.24. The molecule has 0 fully saturated rings. The summed E-state index contributed by atoms with van der Waals surface area (Å²) in [7, 11) is -0.896. The number of benzene rings is 2. The molecule has 2 aromatic carbocycles. The van der Waals surface area contributed by atoms with E-state index in [1.165, 1.54) is 26.4 Å². The highest BCUT2D eigenvalue weighted by Crippen LogP contribution is 2.29.